The van der Waals surface area contributed by atoms with Gasteiger partial charge in [-0.3, -0.25) is 19.4 Å². The number of aromatic nitrogens is 2. The number of alkyl halides is 2. The van der Waals surface area contributed by atoms with Crippen LogP contribution in [0.5, 0.6) is 0 Å². The fourth-order valence-electron chi connectivity index (χ4n) is 6.85. The molecule has 3 amide bonds. The topological polar surface area (TPSA) is 104 Å². The van der Waals surface area contributed by atoms with Gasteiger partial charge in [0.15, 0.2) is 0 Å². The molecule has 1 unspecified atom stereocenters. The maximum Gasteiger partial charge on any atom is 0.253 e. The minimum atomic E-state index is -2.75. The highest BCUT2D eigenvalue weighted by Gasteiger charge is 2.58. The molecule has 0 radical (unpaired) electrons. The zero-order valence-electron chi connectivity index (χ0n) is 22.4. The molecule has 1 aromatic carbocycles. The van der Waals surface area contributed by atoms with E-state index in [4.69, 9.17) is 0 Å². The van der Waals surface area contributed by atoms with E-state index < -0.39 is 29.2 Å². The summed E-state index contributed by atoms with van der Waals surface area (Å²) in [6, 6.07) is 13.9. The number of nitrogens with one attached hydrogen (secondary N) is 2. The fraction of sp³-hybridized carbons (Fsp3) is 0.387. The van der Waals surface area contributed by atoms with Gasteiger partial charge in [0.1, 0.15) is 11.9 Å². The summed E-state index contributed by atoms with van der Waals surface area (Å²) in [6.07, 6.45) is 4.04. The molecular formula is C31H29F2N5O3. The summed E-state index contributed by atoms with van der Waals surface area (Å²) in [5.74, 6) is -4.13. The van der Waals surface area contributed by atoms with Gasteiger partial charge in [0, 0.05) is 60.9 Å². The smallest absolute Gasteiger partial charge is 0.253 e. The first-order valence-electron chi connectivity index (χ1n) is 14.0. The number of pyridine rings is 2. The van der Waals surface area contributed by atoms with E-state index in [1.54, 1.807) is 18.3 Å². The molecule has 1 spiro atoms. The van der Waals surface area contributed by atoms with Crippen LogP contribution in [0.4, 0.5) is 14.6 Å². The number of carbonyl (C=O) groups is 3. The highest BCUT2D eigenvalue weighted by atomic mass is 19.3. The summed E-state index contributed by atoms with van der Waals surface area (Å²) in [7, 11) is 0. The van der Waals surface area contributed by atoms with Crippen molar-refractivity contribution < 1.29 is 23.2 Å². The first kappa shape index (κ1) is 25.7. The van der Waals surface area contributed by atoms with Gasteiger partial charge in [-0.1, -0.05) is 36.4 Å². The van der Waals surface area contributed by atoms with Gasteiger partial charge < -0.3 is 15.5 Å². The lowest BCUT2D eigenvalue weighted by molar-refractivity contribution is -0.140. The van der Waals surface area contributed by atoms with Gasteiger partial charge in [-0.05, 0) is 43.0 Å². The monoisotopic (exact) mass is 557 g/mol. The molecule has 7 rings (SSSR count). The Morgan fingerprint density at radius 1 is 1.12 bits per heavy atom. The second-order valence-corrected chi connectivity index (χ2v) is 11.8. The van der Waals surface area contributed by atoms with E-state index in [1.165, 1.54) is 11.1 Å². The highest BCUT2D eigenvalue weighted by Crippen LogP contribution is 2.50. The van der Waals surface area contributed by atoms with E-state index in [1.807, 2.05) is 43.3 Å². The van der Waals surface area contributed by atoms with Crippen molar-refractivity contribution in [3.8, 4) is 0 Å². The van der Waals surface area contributed by atoms with Crippen LogP contribution in [0.2, 0.25) is 0 Å². The standard InChI is InChI=1S/C31H29F2N5O3/c1-17-22(18-6-3-2-4-7-18)11-24(28(40)38(17)16-21-13-31(21,32)33)36-27(39)20-10-19-12-30(14-25(19)35-15-20)23-8-5-9-34-26(23)37-29(30)41/h2-10,15,17,21-22,24H,11-14,16H2,1H3,(H,36,39)(H,34,37,41)/t17-,21?,22-,24+,30+/m1/s1. The summed E-state index contributed by atoms with van der Waals surface area (Å²) in [6.45, 7) is 1.85. The lowest BCUT2D eigenvalue weighted by atomic mass is 9.80. The first-order chi connectivity index (χ1) is 19.7. The number of benzene rings is 1. The number of hydrogen-bond acceptors (Lipinski definition) is 5. The maximum absolute atomic E-state index is 13.8. The zero-order chi connectivity index (χ0) is 28.5. The van der Waals surface area contributed by atoms with Gasteiger partial charge in [-0.2, -0.15) is 0 Å². The summed E-state index contributed by atoms with van der Waals surface area (Å²) < 4.78 is 27.7. The van der Waals surface area contributed by atoms with Crippen molar-refractivity contribution >= 4 is 23.5 Å². The van der Waals surface area contributed by atoms with E-state index in [2.05, 4.69) is 20.6 Å². The van der Waals surface area contributed by atoms with Gasteiger partial charge in [0.25, 0.3) is 11.8 Å². The molecule has 8 nitrogen and oxygen atoms in total. The van der Waals surface area contributed by atoms with E-state index in [9.17, 15) is 23.2 Å². The van der Waals surface area contributed by atoms with Gasteiger partial charge in [-0.15, -0.1) is 0 Å². The van der Waals surface area contributed by atoms with E-state index >= 15 is 0 Å². The minimum Gasteiger partial charge on any atom is -0.340 e. The molecule has 2 aliphatic heterocycles. The van der Waals surface area contributed by atoms with Crippen molar-refractivity contribution in [2.24, 2.45) is 5.92 Å². The molecule has 2 aliphatic carbocycles. The van der Waals surface area contributed by atoms with Crippen molar-refractivity contribution in [3.63, 3.8) is 0 Å². The van der Waals surface area contributed by atoms with E-state index in [-0.39, 0.29) is 42.3 Å². The van der Waals surface area contributed by atoms with Crippen LogP contribution < -0.4 is 10.6 Å². The van der Waals surface area contributed by atoms with Crippen molar-refractivity contribution in [3.05, 3.63) is 88.9 Å². The Morgan fingerprint density at radius 3 is 2.66 bits per heavy atom. The van der Waals surface area contributed by atoms with Crippen LogP contribution in [-0.4, -0.2) is 57.1 Å². The molecule has 4 aliphatic rings. The van der Waals surface area contributed by atoms with Gasteiger partial charge >= 0.3 is 0 Å². The Morgan fingerprint density at radius 2 is 1.90 bits per heavy atom. The normalized spacial score (nSPS) is 29.2. The van der Waals surface area contributed by atoms with Gasteiger partial charge in [0.2, 0.25) is 11.8 Å². The molecule has 210 valence electrons. The summed E-state index contributed by atoms with van der Waals surface area (Å²) in [4.78, 5) is 50.4. The predicted octanol–water partition coefficient (Wildman–Crippen LogP) is 3.62. The molecule has 0 bridgehead atoms. The third-order valence-electron chi connectivity index (χ3n) is 9.32. The Bertz CT molecular complexity index is 1580. The van der Waals surface area contributed by atoms with Crippen LogP contribution in [0, 0.1) is 5.92 Å². The number of fused-ring (bicyclic) bond motifs is 3. The number of carbonyl (C=O) groups excluding carboxylic acids is 3. The van der Waals surface area contributed by atoms with Crippen LogP contribution >= 0.6 is 0 Å². The molecule has 1 saturated carbocycles. The van der Waals surface area contributed by atoms with Crippen molar-refractivity contribution in [2.75, 3.05) is 11.9 Å². The molecule has 10 heteroatoms. The van der Waals surface area contributed by atoms with E-state index in [0.29, 0.717) is 25.1 Å². The second kappa shape index (κ2) is 9.15. The van der Waals surface area contributed by atoms with Crippen LogP contribution in [0.25, 0.3) is 0 Å². The molecule has 3 aromatic rings. The lowest BCUT2D eigenvalue weighted by Gasteiger charge is -2.43. The number of rotatable bonds is 5. The summed E-state index contributed by atoms with van der Waals surface area (Å²) in [5.41, 5.74) is 2.84. The molecule has 2 aromatic heterocycles. The number of halogens is 2. The molecule has 2 fully saturated rings. The number of amides is 3. The largest absolute Gasteiger partial charge is 0.340 e. The zero-order valence-corrected chi connectivity index (χ0v) is 22.4. The Balaban J connectivity index is 1.13. The number of likely N-dealkylation sites (tertiary alicyclic amines) is 1. The quantitative estimate of drug-likeness (QED) is 0.499. The summed E-state index contributed by atoms with van der Waals surface area (Å²) >= 11 is 0. The Kier molecular flexibility index (Phi) is 5.75. The highest BCUT2D eigenvalue weighted by molar-refractivity contribution is 6.06. The van der Waals surface area contributed by atoms with Crippen LogP contribution in [0.3, 0.4) is 0 Å². The number of piperidine rings is 1. The molecule has 41 heavy (non-hydrogen) atoms. The Labute approximate surface area is 235 Å². The third kappa shape index (κ3) is 4.19. The number of nitrogens with zero attached hydrogens (tertiary/aromatic N) is 3. The molecule has 2 N–H and O–H groups in total. The minimum absolute atomic E-state index is 0.0381. The third-order valence-corrected chi connectivity index (χ3v) is 9.32. The average Bonchev–Trinajstić information content (AvgIpc) is 3.27. The van der Waals surface area contributed by atoms with Crippen LogP contribution in [0.15, 0.2) is 60.9 Å². The second-order valence-electron chi connectivity index (χ2n) is 11.8. The number of anilines is 1. The van der Waals surface area contributed by atoms with Crippen LogP contribution in [0.1, 0.15) is 58.4 Å². The molecular weight excluding hydrogens is 528 g/mol. The SMILES string of the molecule is C[C@@H]1[C@H](c2ccccc2)C[C@H](NC(=O)c2cnc3c(c2)C[C@@]2(C3)C(=O)Nc3ncccc32)C(=O)N1CC1CC1(F)F. The number of hydrogen-bond donors (Lipinski definition) is 2. The fourth-order valence-corrected chi connectivity index (χ4v) is 6.85. The van der Waals surface area contributed by atoms with E-state index in [0.717, 1.165) is 22.4 Å². The summed E-state index contributed by atoms with van der Waals surface area (Å²) in [5, 5.41) is 5.74. The van der Waals surface area contributed by atoms with Crippen molar-refractivity contribution in [2.45, 2.75) is 61.9 Å². The van der Waals surface area contributed by atoms with Crippen molar-refractivity contribution in [1.29, 1.82) is 0 Å². The van der Waals surface area contributed by atoms with Gasteiger partial charge in [0.05, 0.1) is 11.0 Å². The lowest BCUT2D eigenvalue weighted by Crippen LogP contribution is -2.58. The average molecular weight is 558 g/mol. The van der Waals surface area contributed by atoms with Crippen molar-refractivity contribution in [1.82, 2.24) is 20.2 Å². The Hall–Kier alpha value is -4.21. The predicted molar refractivity (Wildman–Crippen MR) is 145 cm³/mol. The molecule has 5 atom stereocenters. The molecule has 1 saturated heterocycles. The molecule has 4 heterocycles. The maximum atomic E-state index is 13.8. The first-order valence-corrected chi connectivity index (χ1v) is 14.0. The van der Waals surface area contributed by atoms with Crippen LogP contribution in [-0.2, 0) is 27.8 Å². The van der Waals surface area contributed by atoms with Gasteiger partial charge in [-0.25, -0.2) is 13.8 Å².